The van der Waals surface area contributed by atoms with Crippen LogP contribution in [0.5, 0.6) is 0 Å². The van der Waals surface area contributed by atoms with E-state index >= 15 is 0 Å². The van der Waals surface area contributed by atoms with Gasteiger partial charge in [0.1, 0.15) is 0 Å². The minimum Gasteiger partial charge on any atom is -0.360 e. The predicted molar refractivity (Wildman–Crippen MR) is 115 cm³/mol. The summed E-state index contributed by atoms with van der Waals surface area (Å²) in [6.07, 6.45) is 1.79. The number of piperazine rings is 1. The Balaban J connectivity index is 1.33. The molecule has 2 heterocycles. The first-order chi connectivity index (χ1) is 14.0. The number of para-hydroxylation sites is 2. The number of fused-ring (bicyclic) bond motifs is 1. The van der Waals surface area contributed by atoms with Crippen molar-refractivity contribution >= 4 is 28.4 Å². The molecule has 0 radical (unpaired) electrons. The van der Waals surface area contributed by atoms with Crippen molar-refractivity contribution in [2.24, 2.45) is 0 Å². The van der Waals surface area contributed by atoms with Crippen molar-refractivity contribution in [2.75, 3.05) is 38.0 Å². The summed E-state index contributed by atoms with van der Waals surface area (Å²) in [5.74, 6) is 0.0286. The van der Waals surface area contributed by atoms with Gasteiger partial charge in [0.05, 0.1) is 12.1 Å². The van der Waals surface area contributed by atoms with Crippen LogP contribution in [0.15, 0.2) is 48.7 Å². The van der Waals surface area contributed by atoms with E-state index in [0.29, 0.717) is 38.3 Å². The summed E-state index contributed by atoms with van der Waals surface area (Å²) < 4.78 is 0. The van der Waals surface area contributed by atoms with E-state index in [2.05, 4.69) is 15.2 Å². The van der Waals surface area contributed by atoms with E-state index in [1.54, 1.807) is 6.20 Å². The van der Waals surface area contributed by atoms with Gasteiger partial charge in [0.25, 0.3) is 5.91 Å². The van der Waals surface area contributed by atoms with Gasteiger partial charge in [-0.1, -0.05) is 36.4 Å². The summed E-state index contributed by atoms with van der Waals surface area (Å²) in [6, 6.07) is 13.8. The number of H-pyrrole nitrogens is 1. The van der Waals surface area contributed by atoms with Crippen LogP contribution in [0.4, 0.5) is 5.69 Å². The zero-order chi connectivity index (χ0) is 20.4. The maximum Gasteiger partial charge on any atom is 0.256 e. The van der Waals surface area contributed by atoms with E-state index < -0.39 is 0 Å². The van der Waals surface area contributed by atoms with Crippen LogP contribution >= 0.6 is 0 Å². The van der Waals surface area contributed by atoms with E-state index in [9.17, 15) is 9.59 Å². The second-order valence-corrected chi connectivity index (χ2v) is 7.63. The molecule has 6 nitrogen and oxygen atoms in total. The largest absolute Gasteiger partial charge is 0.360 e. The van der Waals surface area contributed by atoms with Crippen LogP contribution < -0.4 is 5.32 Å². The molecule has 3 aromatic rings. The summed E-state index contributed by atoms with van der Waals surface area (Å²) >= 11 is 0. The fourth-order valence-corrected chi connectivity index (χ4v) is 3.92. The normalized spacial score (nSPS) is 14.9. The lowest BCUT2D eigenvalue weighted by Crippen LogP contribution is -2.50. The topological polar surface area (TPSA) is 68.4 Å². The average Bonchev–Trinajstić information content (AvgIpc) is 3.15. The number of nitrogens with one attached hydrogen (secondary N) is 2. The van der Waals surface area contributed by atoms with E-state index in [4.69, 9.17) is 0 Å². The Kier molecular flexibility index (Phi) is 5.36. The molecule has 0 unspecified atom stereocenters. The highest BCUT2D eigenvalue weighted by molar-refractivity contribution is 6.06. The molecule has 2 N–H and O–H groups in total. The molecular weight excluding hydrogens is 364 g/mol. The molecule has 0 atom stereocenters. The molecule has 1 aliphatic heterocycles. The highest BCUT2D eigenvalue weighted by atomic mass is 16.2. The van der Waals surface area contributed by atoms with Gasteiger partial charge in [-0.15, -0.1) is 0 Å². The van der Waals surface area contributed by atoms with Gasteiger partial charge in [-0.3, -0.25) is 14.5 Å². The SMILES string of the molecule is Cc1cccc(C)c1NC(=O)CN1CCN(C(=O)c2c[nH]c3ccccc23)CC1. The van der Waals surface area contributed by atoms with Crippen LogP contribution in [0, 0.1) is 13.8 Å². The first-order valence-electron chi connectivity index (χ1n) is 9.97. The molecule has 4 rings (SSSR count). The van der Waals surface area contributed by atoms with Gasteiger partial charge in [0.15, 0.2) is 0 Å². The van der Waals surface area contributed by atoms with Crippen molar-refractivity contribution in [1.29, 1.82) is 0 Å². The lowest BCUT2D eigenvalue weighted by molar-refractivity contribution is -0.117. The Morgan fingerprint density at radius 3 is 2.38 bits per heavy atom. The highest BCUT2D eigenvalue weighted by Gasteiger charge is 2.25. The molecule has 150 valence electrons. The number of nitrogens with zero attached hydrogens (tertiary/aromatic N) is 2. The molecule has 0 saturated carbocycles. The number of amides is 2. The zero-order valence-electron chi connectivity index (χ0n) is 16.9. The fraction of sp³-hybridized carbons (Fsp3) is 0.304. The third kappa shape index (κ3) is 4.03. The lowest BCUT2D eigenvalue weighted by atomic mass is 10.1. The molecular formula is C23H26N4O2. The monoisotopic (exact) mass is 390 g/mol. The number of aromatic nitrogens is 1. The number of rotatable bonds is 4. The third-order valence-corrected chi connectivity index (χ3v) is 5.59. The van der Waals surface area contributed by atoms with Crippen LogP contribution in [0.1, 0.15) is 21.5 Å². The Morgan fingerprint density at radius 1 is 0.966 bits per heavy atom. The standard InChI is InChI=1S/C23H26N4O2/c1-16-6-5-7-17(2)22(16)25-21(28)15-26-10-12-27(13-11-26)23(29)19-14-24-20-9-4-3-8-18(19)20/h3-9,14,24H,10-13,15H2,1-2H3,(H,25,28). The number of carbonyl (C=O) groups is 2. The summed E-state index contributed by atoms with van der Waals surface area (Å²) in [7, 11) is 0. The first kappa shape index (κ1) is 19.2. The molecule has 0 spiro atoms. The quantitative estimate of drug-likeness (QED) is 0.719. The molecule has 1 aromatic heterocycles. The molecule has 1 saturated heterocycles. The van der Waals surface area contributed by atoms with Gasteiger partial charge in [-0.05, 0) is 31.0 Å². The van der Waals surface area contributed by atoms with E-state index in [-0.39, 0.29) is 11.8 Å². The molecule has 2 amide bonds. The summed E-state index contributed by atoms with van der Waals surface area (Å²) in [5.41, 5.74) is 4.70. The zero-order valence-corrected chi connectivity index (χ0v) is 16.9. The number of aryl methyl sites for hydroxylation is 2. The Labute approximate surface area is 170 Å². The smallest absolute Gasteiger partial charge is 0.256 e. The van der Waals surface area contributed by atoms with Gasteiger partial charge in [-0.25, -0.2) is 0 Å². The van der Waals surface area contributed by atoms with Crippen LogP contribution in [-0.2, 0) is 4.79 Å². The maximum atomic E-state index is 12.9. The molecule has 2 aromatic carbocycles. The molecule has 6 heteroatoms. The maximum absolute atomic E-state index is 12.9. The second-order valence-electron chi connectivity index (χ2n) is 7.63. The Morgan fingerprint density at radius 2 is 1.66 bits per heavy atom. The van der Waals surface area contributed by atoms with Gasteiger partial charge in [0, 0.05) is 49.0 Å². The van der Waals surface area contributed by atoms with E-state index in [0.717, 1.165) is 27.7 Å². The molecule has 0 aliphatic carbocycles. The lowest BCUT2D eigenvalue weighted by Gasteiger charge is -2.34. The Bertz CT molecular complexity index is 1030. The second kappa shape index (κ2) is 8.09. The van der Waals surface area contributed by atoms with Gasteiger partial charge >= 0.3 is 0 Å². The number of hydrogen-bond donors (Lipinski definition) is 2. The summed E-state index contributed by atoms with van der Waals surface area (Å²) in [5, 5.41) is 3.99. The van der Waals surface area contributed by atoms with Crippen LogP contribution in [0.2, 0.25) is 0 Å². The van der Waals surface area contributed by atoms with Crippen molar-refractivity contribution in [3.8, 4) is 0 Å². The van der Waals surface area contributed by atoms with E-state index in [1.807, 2.05) is 61.2 Å². The molecule has 0 bridgehead atoms. The van der Waals surface area contributed by atoms with Crippen molar-refractivity contribution in [2.45, 2.75) is 13.8 Å². The number of benzene rings is 2. The third-order valence-electron chi connectivity index (χ3n) is 5.59. The molecule has 29 heavy (non-hydrogen) atoms. The predicted octanol–water partition coefficient (Wildman–Crippen LogP) is 3.18. The van der Waals surface area contributed by atoms with Gasteiger partial charge in [0.2, 0.25) is 5.91 Å². The van der Waals surface area contributed by atoms with Crippen molar-refractivity contribution in [3.63, 3.8) is 0 Å². The molecule has 1 fully saturated rings. The Hall–Kier alpha value is -3.12. The van der Waals surface area contributed by atoms with E-state index in [1.165, 1.54) is 0 Å². The summed E-state index contributed by atoms with van der Waals surface area (Å²) in [6.45, 7) is 6.95. The van der Waals surface area contributed by atoms with Crippen LogP contribution in [-0.4, -0.2) is 59.3 Å². The number of hydrogen-bond acceptors (Lipinski definition) is 3. The van der Waals surface area contributed by atoms with Crippen molar-refractivity contribution in [1.82, 2.24) is 14.8 Å². The van der Waals surface area contributed by atoms with Crippen LogP contribution in [0.25, 0.3) is 10.9 Å². The number of carbonyl (C=O) groups excluding carboxylic acids is 2. The van der Waals surface area contributed by atoms with Crippen molar-refractivity contribution in [3.05, 3.63) is 65.4 Å². The molecule has 1 aliphatic rings. The minimum atomic E-state index is -0.0150. The highest BCUT2D eigenvalue weighted by Crippen LogP contribution is 2.21. The average molecular weight is 390 g/mol. The number of aromatic amines is 1. The van der Waals surface area contributed by atoms with Gasteiger partial charge in [-0.2, -0.15) is 0 Å². The number of anilines is 1. The van der Waals surface area contributed by atoms with Gasteiger partial charge < -0.3 is 15.2 Å². The minimum absolute atomic E-state index is 0.0150. The van der Waals surface area contributed by atoms with Crippen LogP contribution in [0.3, 0.4) is 0 Å². The van der Waals surface area contributed by atoms with Crippen molar-refractivity contribution < 1.29 is 9.59 Å². The first-order valence-corrected chi connectivity index (χ1v) is 9.97. The summed E-state index contributed by atoms with van der Waals surface area (Å²) in [4.78, 5) is 32.6. The fourth-order valence-electron chi connectivity index (χ4n) is 3.92.